The molecule has 0 bridgehead atoms. The maximum Gasteiger partial charge on any atom is 0.223 e. The number of hydrogen-bond acceptors (Lipinski definition) is 3. The first-order chi connectivity index (χ1) is 9.74. The van der Waals surface area contributed by atoms with Crippen molar-refractivity contribution in [2.75, 3.05) is 26.4 Å². The molecule has 1 aromatic carbocycles. The van der Waals surface area contributed by atoms with Gasteiger partial charge in [0.2, 0.25) is 5.91 Å². The number of hydrogen-bond donors (Lipinski definition) is 2. The molecule has 1 aliphatic rings. The molecule has 0 saturated heterocycles. The fraction of sp³-hybridized carbons (Fsp3) is 0.533. The molecule has 0 aromatic heterocycles. The van der Waals surface area contributed by atoms with E-state index in [9.17, 15) is 9.18 Å². The van der Waals surface area contributed by atoms with Gasteiger partial charge in [-0.3, -0.25) is 4.79 Å². The number of aliphatic hydroxyl groups excluding tert-OH is 1. The van der Waals surface area contributed by atoms with Crippen LogP contribution in [-0.4, -0.2) is 37.4 Å². The second-order valence-electron chi connectivity index (χ2n) is 4.95. The molecule has 110 valence electrons. The number of benzene rings is 1. The van der Waals surface area contributed by atoms with Crippen LogP contribution in [0.25, 0.3) is 0 Å². The average Bonchev–Trinajstić information content (AvgIpc) is 3.23. The lowest BCUT2D eigenvalue weighted by atomic mass is 10.1. The number of rotatable bonds is 8. The van der Waals surface area contributed by atoms with Crippen LogP contribution in [0, 0.1) is 11.7 Å². The minimum Gasteiger partial charge on any atom is -0.394 e. The first-order valence-electron chi connectivity index (χ1n) is 6.94. The quantitative estimate of drug-likeness (QED) is 0.709. The SMILES string of the molecule is O=C(NCCCOCCO)C1CC1c1ccccc1F. The van der Waals surface area contributed by atoms with Crippen molar-refractivity contribution < 1.29 is 19.0 Å². The minimum atomic E-state index is -0.231. The van der Waals surface area contributed by atoms with Gasteiger partial charge >= 0.3 is 0 Å². The van der Waals surface area contributed by atoms with Crippen molar-refractivity contribution in [1.29, 1.82) is 0 Å². The molecule has 2 unspecified atom stereocenters. The third-order valence-electron chi connectivity index (χ3n) is 3.43. The largest absolute Gasteiger partial charge is 0.394 e. The fourth-order valence-corrected chi connectivity index (χ4v) is 2.29. The standard InChI is InChI=1S/C15H20FNO3/c16-14-5-2-1-4-11(14)12-10-13(12)15(19)17-6-3-8-20-9-7-18/h1-2,4-5,12-13,18H,3,6-10H2,(H,17,19). The number of carbonyl (C=O) groups is 1. The van der Waals surface area contributed by atoms with E-state index in [0.29, 0.717) is 38.2 Å². The highest BCUT2D eigenvalue weighted by Crippen LogP contribution is 2.48. The lowest BCUT2D eigenvalue weighted by Gasteiger charge is -2.06. The number of amides is 1. The van der Waals surface area contributed by atoms with Crippen LogP contribution in [0.3, 0.4) is 0 Å². The van der Waals surface area contributed by atoms with E-state index in [1.165, 1.54) is 6.07 Å². The molecule has 1 amide bonds. The first kappa shape index (κ1) is 14.9. The summed E-state index contributed by atoms with van der Waals surface area (Å²) in [7, 11) is 0. The molecular weight excluding hydrogens is 261 g/mol. The predicted molar refractivity (Wildman–Crippen MR) is 72.8 cm³/mol. The van der Waals surface area contributed by atoms with Gasteiger partial charge in [-0.2, -0.15) is 0 Å². The highest BCUT2D eigenvalue weighted by Gasteiger charge is 2.44. The van der Waals surface area contributed by atoms with Crippen molar-refractivity contribution in [2.45, 2.75) is 18.8 Å². The third-order valence-corrected chi connectivity index (χ3v) is 3.43. The van der Waals surface area contributed by atoms with Crippen LogP contribution in [0.5, 0.6) is 0 Å². The Kier molecular flexibility index (Phi) is 5.49. The summed E-state index contributed by atoms with van der Waals surface area (Å²) in [5, 5.41) is 11.4. The van der Waals surface area contributed by atoms with Crippen molar-refractivity contribution in [3.05, 3.63) is 35.6 Å². The fourth-order valence-electron chi connectivity index (χ4n) is 2.29. The molecule has 0 spiro atoms. The van der Waals surface area contributed by atoms with E-state index in [1.54, 1.807) is 18.2 Å². The second kappa shape index (κ2) is 7.36. The Morgan fingerprint density at radius 3 is 2.95 bits per heavy atom. The highest BCUT2D eigenvalue weighted by molar-refractivity contribution is 5.82. The molecule has 1 aromatic rings. The van der Waals surface area contributed by atoms with Gasteiger partial charge < -0.3 is 15.2 Å². The third kappa shape index (κ3) is 4.02. The summed E-state index contributed by atoms with van der Waals surface area (Å²) in [5.41, 5.74) is 0.638. The Morgan fingerprint density at radius 1 is 1.40 bits per heavy atom. The highest BCUT2D eigenvalue weighted by atomic mass is 19.1. The van der Waals surface area contributed by atoms with Crippen LogP contribution >= 0.6 is 0 Å². The van der Waals surface area contributed by atoms with Gasteiger partial charge in [-0.25, -0.2) is 4.39 Å². The zero-order chi connectivity index (χ0) is 14.4. The normalized spacial score (nSPS) is 20.7. The van der Waals surface area contributed by atoms with E-state index in [-0.39, 0.29) is 30.2 Å². The molecule has 5 heteroatoms. The zero-order valence-corrected chi connectivity index (χ0v) is 11.3. The lowest BCUT2D eigenvalue weighted by Crippen LogP contribution is -2.27. The van der Waals surface area contributed by atoms with E-state index in [4.69, 9.17) is 9.84 Å². The van der Waals surface area contributed by atoms with Crippen molar-refractivity contribution in [3.8, 4) is 0 Å². The van der Waals surface area contributed by atoms with Crippen LogP contribution in [-0.2, 0) is 9.53 Å². The number of aliphatic hydroxyl groups is 1. The van der Waals surface area contributed by atoms with Crippen molar-refractivity contribution >= 4 is 5.91 Å². The number of halogens is 1. The molecule has 2 N–H and O–H groups in total. The molecule has 20 heavy (non-hydrogen) atoms. The molecule has 2 atom stereocenters. The summed E-state index contributed by atoms with van der Waals surface area (Å²) in [4.78, 5) is 11.9. The van der Waals surface area contributed by atoms with Gasteiger partial charge in [0, 0.05) is 19.1 Å². The summed E-state index contributed by atoms with van der Waals surface area (Å²) in [6, 6.07) is 6.63. The van der Waals surface area contributed by atoms with Gasteiger partial charge in [-0.15, -0.1) is 0 Å². The van der Waals surface area contributed by atoms with Gasteiger partial charge in [-0.1, -0.05) is 18.2 Å². The molecular formula is C15H20FNO3. The molecule has 4 nitrogen and oxygen atoms in total. The van der Waals surface area contributed by atoms with Gasteiger partial charge in [0.25, 0.3) is 0 Å². The van der Waals surface area contributed by atoms with Gasteiger partial charge in [0.05, 0.1) is 13.2 Å². The lowest BCUT2D eigenvalue weighted by molar-refractivity contribution is -0.122. The van der Waals surface area contributed by atoms with Crippen molar-refractivity contribution in [3.63, 3.8) is 0 Å². The van der Waals surface area contributed by atoms with Crippen molar-refractivity contribution in [1.82, 2.24) is 5.32 Å². The smallest absolute Gasteiger partial charge is 0.223 e. The first-order valence-corrected chi connectivity index (χ1v) is 6.94. The monoisotopic (exact) mass is 281 g/mol. The summed E-state index contributed by atoms with van der Waals surface area (Å²) in [5.74, 6) is -0.335. The summed E-state index contributed by atoms with van der Waals surface area (Å²) in [6.07, 6.45) is 1.43. The molecule has 2 rings (SSSR count). The molecule has 1 aliphatic carbocycles. The maximum absolute atomic E-state index is 13.6. The van der Waals surface area contributed by atoms with Crippen LogP contribution in [0.4, 0.5) is 4.39 Å². The minimum absolute atomic E-state index is 0.0127. The molecule has 0 heterocycles. The van der Waals surface area contributed by atoms with Crippen LogP contribution < -0.4 is 5.32 Å². The number of carbonyl (C=O) groups excluding carboxylic acids is 1. The van der Waals surface area contributed by atoms with E-state index < -0.39 is 0 Å². The Labute approximate surface area is 117 Å². The Balaban J connectivity index is 1.67. The summed E-state index contributed by atoms with van der Waals surface area (Å²) in [6.45, 7) is 1.40. The topological polar surface area (TPSA) is 58.6 Å². The molecule has 1 saturated carbocycles. The maximum atomic E-state index is 13.6. The number of ether oxygens (including phenoxy) is 1. The van der Waals surface area contributed by atoms with Crippen LogP contribution in [0.15, 0.2) is 24.3 Å². The van der Waals surface area contributed by atoms with E-state index in [1.807, 2.05) is 0 Å². The van der Waals surface area contributed by atoms with E-state index in [0.717, 1.165) is 0 Å². The van der Waals surface area contributed by atoms with Crippen LogP contribution in [0.1, 0.15) is 24.3 Å². The average molecular weight is 281 g/mol. The van der Waals surface area contributed by atoms with Crippen LogP contribution in [0.2, 0.25) is 0 Å². The summed E-state index contributed by atoms with van der Waals surface area (Å²) >= 11 is 0. The van der Waals surface area contributed by atoms with E-state index in [2.05, 4.69) is 5.32 Å². The molecule has 1 fully saturated rings. The second-order valence-corrected chi connectivity index (χ2v) is 4.95. The number of nitrogens with one attached hydrogen (secondary N) is 1. The Hall–Kier alpha value is -1.46. The molecule has 0 radical (unpaired) electrons. The van der Waals surface area contributed by atoms with Gasteiger partial charge in [0.15, 0.2) is 0 Å². The Bertz CT molecular complexity index is 452. The van der Waals surface area contributed by atoms with Gasteiger partial charge in [-0.05, 0) is 30.4 Å². The predicted octanol–water partition coefficient (Wildman–Crippen LogP) is 1.44. The van der Waals surface area contributed by atoms with E-state index >= 15 is 0 Å². The van der Waals surface area contributed by atoms with Crippen molar-refractivity contribution in [2.24, 2.45) is 5.92 Å². The molecule has 0 aliphatic heterocycles. The Morgan fingerprint density at radius 2 is 2.20 bits per heavy atom. The zero-order valence-electron chi connectivity index (χ0n) is 11.3. The van der Waals surface area contributed by atoms with Gasteiger partial charge in [0.1, 0.15) is 5.82 Å². The summed E-state index contributed by atoms with van der Waals surface area (Å²) < 4.78 is 18.7.